The standard InChI is InChI=1S/C21H28BrN5O3/c1-3-29-18-9-15(11-24-27-12-14(2)25-21(27)23)17(22)10-19(18)30-13-20(28)26-16-7-5-4-6-8-16/h9-12,16H,3-8,13H2,1-2H3,(H2,23,25)(H,26,28). The van der Waals surface area contributed by atoms with Gasteiger partial charge in [0.25, 0.3) is 5.91 Å². The van der Waals surface area contributed by atoms with Crippen LogP contribution < -0.4 is 20.5 Å². The molecule has 0 aliphatic heterocycles. The van der Waals surface area contributed by atoms with Crippen LogP contribution in [0, 0.1) is 6.92 Å². The number of nitrogen functional groups attached to an aromatic ring is 1. The van der Waals surface area contributed by atoms with Gasteiger partial charge in [-0.15, -0.1) is 0 Å². The predicted molar refractivity (Wildman–Crippen MR) is 120 cm³/mol. The molecule has 1 fully saturated rings. The highest BCUT2D eigenvalue weighted by molar-refractivity contribution is 9.10. The molecule has 8 nitrogen and oxygen atoms in total. The molecule has 1 aromatic carbocycles. The van der Waals surface area contributed by atoms with Crippen LogP contribution in [0.5, 0.6) is 11.5 Å². The third-order valence-corrected chi connectivity index (χ3v) is 5.53. The molecule has 3 N–H and O–H groups in total. The Kier molecular flexibility index (Phi) is 7.73. The van der Waals surface area contributed by atoms with Gasteiger partial charge in [-0.25, -0.2) is 9.66 Å². The van der Waals surface area contributed by atoms with E-state index in [-0.39, 0.29) is 18.6 Å². The van der Waals surface area contributed by atoms with Crippen molar-refractivity contribution < 1.29 is 14.3 Å². The monoisotopic (exact) mass is 477 g/mol. The fourth-order valence-electron chi connectivity index (χ4n) is 3.41. The first-order valence-corrected chi connectivity index (χ1v) is 11.0. The van der Waals surface area contributed by atoms with Gasteiger partial charge in [-0.1, -0.05) is 19.3 Å². The Bertz CT molecular complexity index is 906. The number of halogens is 1. The Morgan fingerprint density at radius 3 is 2.73 bits per heavy atom. The van der Waals surface area contributed by atoms with Crippen molar-refractivity contribution in [1.82, 2.24) is 15.0 Å². The number of nitrogens with one attached hydrogen (secondary N) is 1. The summed E-state index contributed by atoms with van der Waals surface area (Å²) in [6.07, 6.45) is 9.06. The van der Waals surface area contributed by atoms with Crippen LogP contribution >= 0.6 is 15.9 Å². The lowest BCUT2D eigenvalue weighted by atomic mass is 9.95. The van der Waals surface area contributed by atoms with Crippen LogP contribution in [0.25, 0.3) is 0 Å². The summed E-state index contributed by atoms with van der Waals surface area (Å²) in [5.74, 6) is 1.24. The van der Waals surface area contributed by atoms with Gasteiger partial charge in [-0.3, -0.25) is 4.79 Å². The summed E-state index contributed by atoms with van der Waals surface area (Å²) < 4.78 is 13.7. The second-order valence-corrected chi connectivity index (χ2v) is 8.13. The maximum Gasteiger partial charge on any atom is 0.258 e. The van der Waals surface area contributed by atoms with Crippen molar-refractivity contribution >= 4 is 34.0 Å². The first-order chi connectivity index (χ1) is 14.5. The third-order valence-electron chi connectivity index (χ3n) is 4.85. The second kappa shape index (κ2) is 10.5. The minimum Gasteiger partial charge on any atom is -0.490 e. The highest BCUT2D eigenvalue weighted by Gasteiger charge is 2.17. The van der Waals surface area contributed by atoms with E-state index >= 15 is 0 Å². The van der Waals surface area contributed by atoms with E-state index in [1.807, 2.05) is 19.9 Å². The number of aryl methyl sites for hydroxylation is 1. The number of rotatable bonds is 8. The van der Waals surface area contributed by atoms with Crippen molar-refractivity contribution in [2.75, 3.05) is 18.9 Å². The molecule has 1 saturated carbocycles. The van der Waals surface area contributed by atoms with Gasteiger partial charge in [0.05, 0.1) is 24.7 Å². The normalized spacial score (nSPS) is 14.8. The van der Waals surface area contributed by atoms with Crippen molar-refractivity contribution in [3.8, 4) is 11.5 Å². The Labute approximate surface area is 185 Å². The number of amides is 1. The zero-order chi connectivity index (χ0) is 21.5. The average Bonchev–Trinajstić information content (AvgIpc) is 3.04. The number of nitrogens with zero attached hydrogens (tertiary/aromatic N) is 3. The van der Waals surface area contributed by atoms with Crippen LogP contribution in [0.1, 0.15) is 50.3 Å². The number of nitrogens with two attached hydrogens (primary N) is 1. The van der Waals surface area contributed by atoms with E-state index in [1.54, 1.807) is 18.5 Å². The smallest absolute Gasteiger partial charge is 0.258 e. The highest BCUT2D eigenvalue weighted by atomic mass is 79.9. The van der Waals surface area contributed by atoms with E-state index in [2.05, 4.69) is 31.3 Å². The third kappa shape index (κ3) is 5.98. The molecule has 0 saturated heterocycles. The Hall–Kier alpha value is -2.55. The summed E-state index contributed by atoms with van der Waals surface area (Å²) in [5, 5.41) is 7.40. The fourth-order valence-corrected chi connectivity index (χ4v) is 3.84. The molecular formula is C21H28BrN5O3. The van der Waals surface area contributed by atoms with E-state index in [0.717, 1.165) is 28.6 Å². The number of aromatic nitrogens is 2. The number of hydrogen-bond donors (Lipinski definition) is 2. The molecule has 1 amide bonds. The number of imidazole rings is 1. The first kappa shape index (κ1) is 22.1. The fraction of sp³-hybridized carbons (Fsp3) is 0.476. The molecule has 0 atom stereocenters. The molecule has 0 unspecified atom stereocenters. The summed E-state index contributed by atoms with van der Waals surface area (Å²) in [7, 11) is 0. The van der Waals surface area contributed by atoms with Crippen LogP contribution in [0.4, 0.5) is 5.95 Å². The average molecular weight is 478 g/mol. The molecule has 0 radical (unpaired) electrons. The van der Waals surface area contributed by atoms with Gasteiger partial charge < -0.3 is 20.5 Å². The second-order valence-electron chi connectivity index (χ2n) is 7.27. The molecule has 0 bridgehead atoms. The topological polar surface area (TPSA) is 104 Å². The van der Waals surface area contributed by atoms with E-state index in [4.69, 9.17) is 15.2 Å². The zero-order valence-corrected chi connectivity index (χ0v) is 18.9. The van der Waals surface area contributed by atoms with Crippen molar-refractivity contribution in [1.29, 1.82) is 0 Å². The van der Waals surface area contributed by atoms with Gasteiger partial charge in [-0.2, -0.15) is 5.10 Å². The number of carbonyl (C=O) groups excluding carboxylic acids is 1. The highest BCUT2D eigenvalue weighted by Crippen LogP contribution is 2.33. The molecule has 1 aliphatic rings. The molecule has 1 heterocycles. The van der Waals surface area contributed by atoms with Gasteiger partial charge >= 0.3 is 0 Å². The zero-order valence-electron chi connectivity index (χ0n) is 17.4. The summed E-state index contributed by atoms with van der Waals surface area (Å²) >= 11 is 3.53. The minimum absolute atomic E-state index is 0.0543. The maximum absolute atomic E-state index is 12.3. The lowest BCUT2D eigenvalue weighted by Crippen LogP contribution is -2.39. The van der Waals surface area contributed by atoms with Gasteiger partial charge in [0.1, 0.15) is 0 Å². The number of anilines is 1. The van der Waals surface area contributed by atoms with Crippen LogP contribution in [-0.4, -0.2) is 41.0 Å². The molecule has 3 rings (SSSR count). The maximum atomic E-state index is 12.3. The van der Waals surface area contributed by atoms with E-state index in [9.17, 15) is 4.79 Å². The van der Waals surface area contributed by atoms with E-state index in [0.29, 0.717) is 24.1 Å². The molecule has 30 heavy (non-hydrogen) atoms. The van der Waals surface area contributed by atoms with E-state index < -0.39 is 0 Å². The van der Waals surface area contributed by atoms with Gasteiger partial charge in [0.15, 0.2) is 18.1 Å². The number of ether oxygens (including phenoxy) is 2. The molecular weight excluding hydrogens is 450 g/mol. The van der Waals surface area contributed by atoms with Gasteiger partial charge in [0, 0.05) is 16.1 Å². The summed E-state index contributed by atoms with van der Waals surface area (Å²) in [4.78, 5) is 16.4. The molecule has 9 heteroatoms. The first-order valence-electron chi connectivity index (χ1n) is 10.2. The number of carbonyl (C=O) groups is 1. The Balaban J connectivity index is 1.69. The number of hydrogen-bond acceptors (Lipinski definition) is 6. The Morgan fingerprint density at radius 1 is 1.33 bits per heavy atom. The summed E-state index contributed by atoms with van der Waals surface area (Å²) in [6.45, 7) is 4.16. The molecule has 1 aromatic heterocycles. The van der Waals surface area contributed by atoms with Gasteiger partial charge in [0.2, 0.25) is 5.95 Å². The van der Waals surface area contributed by atoms with Crippen LogP contribution in [0.3, 0.4) is 0 Å². The SMILES string of the molecule is CCOc1cc(C=Nn2cc(C)nc2N)c(Br)cc1OCC(=O)NC1CCCCC1. The summed E-state index contributed by atoms with van der Waals surface area (Å²) in [6, 6.07) is 3.85. The molecule has 162 valence electrons. The Morgan fingerprint density at radius 2 is 2.07 bits per heavy atom. The largest absolute Gasteiger partial charge is 0.490 e. The number of benzene rings is 1. The van der Waals surface area contributed by atoms with Crippen molar-refractivity contribution in [2.24, 2.45) is 5.10 Å². The molecule has 1 aliphatic carbocycles. The molecule has 0 spiro atoms. The van der Waals surface area contributed by atoms with Gasteiger partial charge in [-0.05, 0) is 54.8 Å². The summed E-state index contributed by atoms with van der Waals surface area (Å²) in [5.41, 5.74) is 7.39. The molecule has 2 aromatic rings. The minimum atomic E-state index is -0.114. The van der Waals surface area contributed by atoms with Crippen LogP contribution in [0.15, 0.2) is 27.9 Å². The lowest BCUT2D eigenvalue weighted by Gasteiger charge is -2.23. The quantitative estimate of drug-likeness (QED) is 0.564. The van der Waals surface area contributed by atoms with Crippen molar-refractivity contribution in [3.05, 3.63) is 34.1 Å². The van der Waals surface area contributed by atoms with Crippen molar-refractivity contribution in [3.63, 3.8) is 0 Å². The van der Waals surface area contributed by atoms with Crippen molar-refractivity contribution in [2.45, 2.75) is 52.0 Å². The predicted octanol–water partition coefficient (Wildman–Crippen LogP) is 3.64. The van der Waals surface area contributed by atoms with Crippen LogP contribution in [0.2, 0.25) is 0 Å². The lowest BCUT2D eigenvalue weighted by molar-refractivity contribution is -0.124. The van der Waals surface area contributed by atoms with E-state index in [1.165, 1.54) is 23.9 Å². The van der Waals surface area contributed by atoms with Crippen LogP contribution in [-0.2, 0) is 4.79 Å².